The topological polar surface area (TPSA) is 32.5 Å². The van der Waals surface area contributed by atoms with Gasteiger partial charge in [0.05, 0.1) is 6.04 Å². The Morgan fingerprint density at radius 2 is 1.85 bits per heavy atom. The van der Waals surface area contributed by atoms with Gasteiger partial charge < -0.3 is 10.6 Å². The van der Waals surface area contributed by atoms with Gasteiger partial charge in [0.2, 0.25) is 0 Å². The molecule has 1 heterocycles. The van der Waals surface area contributed by atoms with E-state index < -0.39 is 0 Å². The van der Waals surface area contributed by atoms with Crippen LogP contribution in [0.5, 0.6) is 0 Å². The molecule has 0 aromatic heterocycles. The molecule has 2 atom stereocenters. The molecule has 2 N–H and O–H groups in total. The molecule has 1 aliphatic rings. The first-order valence-electron chi connectivity index (χ1n) is 7.41. The van der Waals surface area contributed by atoms with E-state index >= 15 is 0 Å². The Kier molecular flexibility index (Phi) is 5.44. The van der Waals surface area contributed by atoms with Gasteiger partial charge in [0.15, 0.2) is 0 Å². The lowest BCUT2D eigenvalue weighted by molar-refractivity contribution is 0.0983. The van der Waals surface area contributed by atoms with Crippen molar-refractivity contribution in [2.24, 2.45) is 5.73 Å². The summed E-state index contributed by atoms with van der Waals surface area (Å²) in [7, 11) is 4.33. The second-order valence-electron chi connectivity index (χ2n) is 6.06. The molecule has 4 heteroatoms. The van der Waals surface area contributed by atoms with Crippen LogP contribution in [-0.2, 0) is 0 Å². The molecule has 0 saturated carbocycles. The molecule has 3 nitrogen and oxygen atoms in total. The number of nitrogens with zero attached hydrogens (tertiary/aromatic N) is 2. The first-order chi connectivity index (χ1) is 9.50. The van der Waals surface area contributed by atoms with Gasteiger partial charge in [-0.2, -0.15) is 0 Å². The van der Waals surface area contributed by atoms with Gasteiger partial charge in [-0.15, -0.1) is 0 Å². The van der Waals surface area contributed by atoms with Crippen molar-refractivity contribution >= 4 is 11.6 Å². The van der Waals surface area contributed by atoms with Crippen LogP contribution in [-0.4, -0.2) is 49.1 Å². The summed E-state index contributed by atoms with van der Waals surface area (Å²) in [5, 5.41) is 0.824. The monoisotopic (exact) mass is 295 g/mol. The summed E-state index contributed by atoms with van der Waals surface area (Å²) in [4.78, 5) is 4.82. The first kappa shape index (κ1) is 15.8. The van der Waals surface area contributed by atoms with Crippen LogP contribution in [0.1, 0.15) is 31.4 Å². The van der Waals surface area contributed by atoms with E-state index in [0.29, 0.717) is 6.04 Å². The summed E-state index contributed by atoms with van der Waals surface area (Å²) in [6.07, 6.45) is 2.39. The average molecular weight is 296 g/mol. The van der Waals surface area contributed by atoms with E-state index in [1.54, 1.807) is 0 Å². The zero-order valence-corrected chi connectivity index (χ0v) is 13.5. The highest BCUT2D eigenvalue weighted by Crippen LogP contribution is 2.32. The number of hydrogen-bond donors (Lipinski definition) is 1. The molecule has 0 spiro atoms. The van der Waals surface area contributed by atoms with Crippen LogP contribution in [0.3, 0.4) is 0 Å². The summed E-state index contributed by atoms with van der Waals surface area (Å²) in [5.41, 5.74) is 7.41. The fraction of sp³-hybridized carbons (Fsp3) is 0.625. The molecule has 112 valence electrons. The maximum absolute atomic E-state index is 6.37. The van der Waals surface area contributed by atoms with Gasteiger partial charge in [0.25, 0.3) is 0 Å². The van der Waals surface area contributed by atoms with E-state index in [0.717, 1.165) is 23.7 Å². The van der Waals surface area contributed by atoms with Gasteiger partial charge >= 0.3 is 0 Å². The summed E-state index contributed by atoms with van der Waals surface area (Å²) >= 11 is 6.37. The minimum atomic E-state index is 0.0748. The molecular formula is C16H26ClN3. The third-order valence-electron chi connectivity index (χ3n) is 4.34. The number of likely N-dealkylation sites (tertiary alicyclic amines) is 1. The van der Waals surface area contributed by atoms with Crippen molar-refractivity contribution in [3.8, 4) is 0 Å². The van der Waals surface area contributed by atoms with Crippen LogP contribution in [0, 0.1) is 0 Å². The molecule has 20 heavy (non-hydrogen) atoms. The van der Waals surface area contributed by atoms with E-state index in [1.165, 1.54) is 12.8 Å². The third-order valence-corrected chi connectivity index (χ3v) is 4.69. The zero-order chi connectivity index (χ0) is 14.7. The lowest BCUT2D eigenvalue weighted by Gasteiger charge is -2.41. The van der Waals surface area contributed by atoms with Crippen LogP contribution >= 0.6 is 11.6 Å². The van der Waals surface area contributed by atoms with Crippen molar-refractivity contribution in [3.05, 3.63) is 34.9 Å². The Bertz CT molecular complexity index is 425. The van der Waals surface area contributed by atoms with Crippen LogP contribution in [0.15, 0.2) is 24.3 Å². The smallest absolute Gasteiger partial charge is 0.0511 e. The van der Waals surface area contributed by atoms with E-state index in [4.69, 9.17) is 17.3 Å². The number of rotatable bonds is 4. The van der Waals surface area contributed by atoms with Crippen LogP contribution in [0.25, 0.3) is 0 Å². The summed E-state index contributed by atoms with van der Waals surface area (Å²) < 4.78 is 0. The highest BCUT2D eigenvalue weighted by molar-refractivity contribution is 6.31. The number of halogens is 1. The van der Waals surface area contributed by atoms with Gasteiger partial charge in [0, 0.05) is 30.2 Å². The Hall–Kier alpha value is -0.610. The molecule has 1 aliphatic heterocycles. The standard InChI is InChI=1S/C16H26ClN3/c1-12(18)16(14-6-4-5-7-15(14)17)20-10-8-13(9-11-20)19(2)3/h4-7,12-13,16H,8-11,18H2,1-3H3. The van der Waals surface area contributed by atoms with Crippen LogP contribution < -0.4 is 5.73 Å². The lowest BCUT2D eigenvalue weighted by atomic mass is 9.95. The quantitative estimate of drug-likeness (QED) is 0.927. The SMILES string of the molecule is CC(N)C(c1ccccc1Cl)N1CCC(N(C)C)CC1. The number of benzene rings is 1. The maximum Gasteiger partial charge on any atom is 0.0511 e. The molecule has 0 bridgehead atoms. The van der Waals surface area contributed by atoms with E-state index in [-0.39, 0.29) is 12.1 Å². The lowest BCUT2D eigenvalue weighted by Crippen LogP contribution is -2.47. The fourth-order valence-corrected chi connectivity index (χ4v) is 3.46. The maximum atomic E-state index is 6.37. The van der Waals surface area contributed by atoms with E-state index in [2.05, 4.69) is 36.9 Å². The normalized spacial score (nSPS) is 21.1. The van der Waals surface area contributed by atoms with E-state index in [9.17, 15) is 0 Å². The first-order valence-corrected chi connectivity index (χ1v) is 7.79. The molecule has 0 amide bonds. The predicted octanol–water partition coefficient (Wildman–Crippen LogP) is 2.75. The van der Waals surface area contributed by atoms with Crippen LogP contribution in [0.4, 0.5) is 0 Å². The van der Waals surface area contributed by atoms with Crippen molar-refractivity contribution in [1.29, 1.82) is 0 Å². The number of nitrogens with two attached hydrogens (primary N) is 1. The molecule has 1 saturated heterocycles. The fourth-order valence-electron chi connectivity index (χ4n) is 3.21. The van der Waals surface area contributed by atoms with Crippen molar-refractivity contribution in [2.75, 3.05) is 27.2 Å². The van der Waals surface area contributed by atoms with Crippen LogP contribution in [0.2, 0.25) is 5.02 Å². The second-order valence-corrected chi connectivity index (χ2v) is 6.46. The summed E-state index contributed by atoms with van der Waals surface area (Å²) in [5.74, 6) is 0. The van der Waals surface area contributed by atoms with Crippen molar-refractivity contribution in [2.45, 2.75) is 37.9 Å². The summed E-state index contributed by atoms with van der Waals surface area (Å²) in [6, 6.07) is 9.06. The number of piperidine rings is 1. The molecule has 0 aliphatic carbocycles. The van der Waals surface area contributed by atoms with Gasteiger partial charge in [-0.25, -0.2) is 0 Å². The molecule has 1 aromatic carbocycles. The number of hydrogen-bond acceptors (Lipinski definition) is 3. The Labute approximate surface area is 127 Å². The highest BCUT2D eigenvalue weighted by Gasteiger charge is 2.30. The van der Waals surface area contributed by atoms with Gasteiger partial charge in [-0.05, 0) is 45.5 Å². The molecule has 1 aromatic rings. The highest BCUT2D eigenvalue weighted by atomic mass is 35.5. The molecule has 0 radical (unpaired) electrons. The Morgan fingerprint density at radius 1 is 1.25 bits per heavy atom. The Morgan fingerprint density at radius 3 is 2.35 bits per heavy atom. The second kappa shape index (κ2) is 6.90. The Balaban J connectivity index is 2.13. The molecule has 2 rings (SSSR count). The largest absolute Gasteiger partial charge is 0.326 e. The molecule has 1 fully saturated rings. The minimum Gasteiger partial charge on any atom is -0.326 e. The minimum absolute atomic E-state index is 0.0748. The molecular weight excluding hydrogens is 270 g/mol. The van der Waals surface area contributed by atoms with Gasteiger partial charge in [-0.1, -0.05) is 29.8 Å². The van der Waals surface area contributed by atoms with Crippen molar-refractivity contribution < 1.29 is 0 Å². The third kappa shape index (κ3) is 3.53. The van der Waals surface area contributed by atoms with Crippen molar-refractivity contribution in [3.63, 3.8) is 0 Å². The average Bonchev–Trinajstić information content (AvgIpc) is 2.41. The van der Waals surface area contributed by atoms with Crippen molar-refractivity contribution in [1.82, 2.24) is 9.80 Å². The van der Waals surface area contributed by atoms with E-state index in [1.807, 2.05) is 18.2 Å². The zero-order valence-electron chi connectivity index (χ0n) is 12.7. The van der Waals surface area contributed by atoms with Gasteiger partial charge in [0.1, 0.15) is 0 Å². The van der Waals surface area contributed by atoms with Gasteiger partial charge in [-0.3, -0.25) is 4.90 Å². The summed E-state index contributed by atoms with van der Waals surface area (Å²) in [6.45, 7) is 4.24. The predicted molar refractivity (Wildman–Crippen MR) is 86.1 cm³/mol. The molecule has 2 unspecified atom stereocenters.